The van der Waals surface area contributed by atoms with Crippen molar-refractivity contribution in [3.8, 4) is 0 Å². The second-order valence-corrected chi connectivity index (χ2v) is 4.01. The number of furan rings is 1. The predicted octanol–water partition coefficient (Wildman–Crippen LogP) is 1.40. The number of H-pyrrole nitrogens is 1. The molecule has 3 N–H and O–H groups in total. The van der Waals surface area contributed by atoms with Gasteiger partial charge in [0, 0.05) is 12.1 Å². The number of carboxylic acids is 1. The van der Waals surface area contributed by atoms with Crippen LogP contribution in [-0.4, -0.2) is 32.3 Å². The number of nitrogens with zero attached hydrogens (tertiary/aromatic N) is 2. The Kier molecular flexibility index (Phi) is 2.53. The van der Waals surface area contributed by atoms with Gasteiger partial charge in [0.25, 0.3) is 5.91 Å². The Morgan fingerprint density at radius 3 is 2.85 bits per heavy atom. The van der Waals surface area contributed by atoms with Crippen LogP contribution in [0.3, 0.4) is 0 Å². The van der Waals surface area contributed by atoms with Crippen molar-refractivity contribution >= 4 is 28.8 Å². The zero-order chi connectivity index (χ0) is 14.3. The summed E-state index contributed by atoms with van der Waals surface area (Å²) < 4.78 is 9.88. The first-order valence-corrected chi connectivity index (χ1v) is 5.50. The van der Waals surface area contributed by atoms with Gasteiger partial charge < -0.3 is 19.4 Å². The van der Waals surface area contributed by atoms with Gasteiger partial charge in [-0.15, -0.1) is 0 Å². The lowest BCUT2D eigenvalue weighted by Gasteiger charge is -1.96. The Morgan fingerprint density at radius 2 is 2.20 bits per heavy atom. The van der Waals surface area contributed by atoms with Crippen molar-refractivity contribution in [2.45, 2.75) is 6.92 Å². The molecular weight excluding hydrogens is 268 g/mol. The van der Waals surface area contributed by atoms with Gasteiger partial charge in [-0.3, -0.25) is 9.89 Å². The Hall–Kier alpha value is -3.10. The minimum Gasteiger partial charge on any atom is -0.475 e. The van der Waals surface area contributed by atoms with Crippen molar-refractivity contribution in [2.75, 3.05) is 5.32 Å². The van der Waals surface area contributed by atoms with Crippen LogP contribution in [0.1, 0.15) is 26.8 Å². The highest BCUT2D eigenvalue weighted by Gasteiger charge is 2.19. The predicted molar refractivity (Wildman–Crippen MR) is 64.5 cm³/mol. The van der Waals surface area contributed by atoms with E-state index in [0.717, 1.165) is 0 Å². The smallest absolute Gasteiger partial charge is 0.371 e. The van der Waals surface area contributed by atoms with Crippen molar-refractivity contribution in [3.63, 3.8) is 0 Å². The van der Waals surface area contributed by atoms with E-state index in [-0.39, 0.29) is 22.9 Å². The van der Waals surface area contributed by atoms with Gasteiger partial charge in [0.1, 0.15) is 11.3 Å². The molecule has 3 aromatic heterocycles. The summed E-state index contributed by atoms with van der Waals surface area (Å²) in [4.78, 5) is 22.7. The van der Waals surface area contributed by atoms with Crippen LogP contribution in [0.15, 0.2) is 21.1 Å². The minimum atomic E-state index is -1.21. The summed E-state index contributed by atoms with van der Waals surface area (Å²) in [6.45, 7) is 1.65. The van der Waals surface area contributed by atoms with Crippen LogP contribution in [-0.2, 0) is 0 Å². The average molecular weight is 276 g/mol. The van der Waals surface area contributed by atoms with Gasteiger partial charge in [-0.1, -0.05) is 5.16 Å². The summed E-state index contributed by atoms with van der Waals surface area (Å²) in [5.41, 5.74) is 0.605. The molecule has 20 heavy (non-hydrogen) atoms. The van der Waals surface area contributed by atoms with E-state index in [4.69, 9.17) is 14.0 Å². The van der Waals surface area contributed by atoms with E-state index >= 15 is 0 Å². The highest BCUT2D eigenvalue weighted by Crippen LogP contribution is 2.24. The molecule has 3 rings (SSSR count). The van der Waals surface area contributed by atoms with E-state index < -0.39 is 11.9 Å². The van der Waals surface area contributed by atoms with Crippen LogP contribution in [0.4, 0.5) is 5.82 Å². The minimum absolute atomic E-state index is 0.0816. The SMILES string of the molecule is Cc1cc(C(=O)Nc2n[nH]c3cc(C(=O)O)oc23)no1. The van der Waals surface area contributed by atoms with E-state index in [9.17, 15) is 9.59 Å². The number of hydrogen-bond acceptors (Lipinski definition) is 6. The fraction of sp³-hybridized carbons (Fsp3) is 0.0909. The molecule has 1 amide bonds. The van der Waals surface area contributed by atoms with Crippen molar-refractivity contribution in [3.05, 3.63) is 29.3 Å². The van der Waals surface area contributed by atoms with Crippen LogP contribution in [0.2, 0.25) is 0 Å². The normalized spacial score (nSPS) is 10.8. The van der Waals surface area contributed by atoms with Crippen molar-refractivity contribution in [1.29, 1.82) is 0 Å². The summed E-state index contributed by atoms with van der Waals surface area (Å²) in [5, 5.41) is 21.2. The summed E-state index contributed by atoms with van der Waals surface area (Å²) in [6.07, 6.45) is 0. The Bertz CT molecular complexity index is 812. The molecule has 0 aliphatic carbocycles. The van der Waals surface area contributed by atoms with E-state index in [1.54, 1.807) is 6.92 Å². The van der Waals surface area contributed by atoms with Gasteiger partial charge >= 0.3 is 5.97 Å². The molecule has 0 spiro atoms. The highest BCUT2D eigenvalue weighted by molar-refractivity contribution is 6.06. The number of aromatic nitrogens is 3. The number of nitrogens with one attached hydrogen (secondary N) is 2. The highest BCUT2D eigenvalue weighted by atomic mass is 16.5. The van der Waals surface area contributed by atoms with Crippen molar-refractivity contribution < 1.29 is 23.6 Å². The van der Waals surface area contributed by atoms with Crippen LogP contribution in [0.25, 0.3) is 11.1 Å². The standard InChI is InChI=1S/C11H8N4O5/c1-4-2-6(15-20-4)10(16)12-9-8-5(13-14-9)3-7(19-8)11(17)18/h2-3H,1H3,(H,17,18)(H2,12,13,14,16). The zero-order valence-corrected chi connectivity index (χ0v) is 10.1. The number of hydrogen-bond donors (Lipinski definition) is 3. The molecule has 0 saturated carbocycles. The molecule has 0 fully saturated rings. The van der Waals surface area contributed by atoms with Crippen LogP contribution >= 0.6 is 0 Å². The van der Waals surface area contributed by atoms with Crippen LogP contribution in [0, 0.1) is 6.92 Å². The number of aromatic carboxylic acids is 1. The molecule has 9 nitrogen and oxygen atoms in total. The third-order valence-corrected chi connectivity index (χ3v) is 2.54. The first-order valence-electron chi connectivity index (χ1n) is 5.50. The maximum absolute atomic E-state index is 11.9. The molecular formula is C11H8N4O5. The van der Waals surface area contributed by atoms with Gasteiger partial charge in [0.15, 0.2) is 17.1 Å². The molecule has 3 heterocycles. The molecule has 3 aromatic rings. The second-order valence-electron chi connectivity index (χ2n) is 4.01. The van der Waals surface area contributed by atoms with Crippen LogP contribution in [0.5, 0.6) is 0 Å². The molecule has 0 aliphatic rings. The lowest BCUT2D eigenvalue weighted by Crippen LogP contribution is -2.12. The third-order valence-electron chi connectivity index (χ3n) is 2.54. The molecule has 102 valence electrons. The van der Waals surface area contributed by atoms with E-state index in [1.165, 1.54) is 12.1 Å². The maximum atomic E-state index is 11.9. The fourth-order valence-electron chi connectivity index (χ4n) is 1.65. The lowest BCUT2D eigenvalue weighted by atomic mass is 10.3. The first kappa shape index (κ1) is 12.0. The number of carbonyl (C=O) groups is 2. The number of fused-ring (bicyclic) bond motifs is 1. The number of carbonyl (C=O) groups excluding carboxylic acids is 1. The van der Waals surface area contributed by atoms with Gasteiger partial charge in [-0.05, 0) is 6.92 Å². The largest absolute Gasteiger partial charge is 0.475 e. The zero-order valence-electron chi connectivity index (χ0n) is 10.1. The van der Waals surface area contributed by atoms with Crippen molar-refractivity contribution in [2.24, 2.45) is 0 Å². The number of rotatable bonds is 3. The van der Waals surface area contributed by atoms with Crippen molar-refractivity contribution in [1.82, 2.24) is 15.4 Å². The van der Waals surface area contributed by atoms with E-state index in [0.29, 0.717) is 11.3 Å². The van der Waals surface area contributed by atoms with Crippen LogP contribution < -0.4 is 5.32 Å². The number of anilines is 1. The summed E-state index contributed by atoms with van der Waals surface area (Å²) in [7, 11) is 0. The number of carboxylic acid groups (broad SMARTS) is 1. The van der Waals surface area contributed by atoms with E-state index in [1.807, 2.05) is 0 Å². The Morgan fingerprint density at radius 1 is 1.40 bits per heavy atom. The lowest BCUT2D eigenvalue weighted by molar-refractivity contribution is 0.0665. The van der Waals surface area contributed by atoms with Gasteiger partial charge in [0.05, 0.1) is 0 Å². The number of aryl methyl sites for hydroxylation is 1. The van der Waals surface area contributed by atoms with Gasteiger partial charge in [0.2, 0.25) is 5.76 Å². The molecule has 0 aromatic carbocycles. The molecule has 0 atom stereocenters. The summed E-state index contributed by atoms with van der Waals surface area (Å²) in [5.74, 6) is -1.42. The molecule has 9 heteroatoms. The molecule has 0 bridgehead atoms. The van der Waals surface area contributed by atoms with E-state index in [2.05, 4.69) is 20.7 Å². The third kappa shape index (κ3) is 1.90. The quantitative estimate of drug-likeness (QED) is 0.658. The molecule has 0 radical (unpaired) electrons. The molecule has 0 aliphatic heterocycles. The fourth-order valence-corrected chi connectivity index (χ4v) is 1.65. The van der Waals surface area contributed by atoms with Gasteiger partial charge in [-0.2, -0.15) is 5.10 Å². The Labute approximate surface area is 110 Å². The summed E-state index contributed by atoms with van der Waals surface area (Å²) in [6, 6.07) is 2.74. The topological polar surface area (TPSA) is 134 Å². The Balaban J connectivity index is 1.90. The average Bonchev–Trinajstić information content (AvgIpc) is 3.05. The second kappa shape index (κ2) is 4.23. The van der Waals surface area contributed by atoms with Gasteiger partial charge in [-0.25, -0.2) is 4.79 Å². The summed E-state index contributed by atoms with van der Waals surface area (Å²) >= 11 is 0. The molecule has 0 unspecified atom stereocenters. The maximum Gasteiger partial charge on any atom is 0.371 e. The first-order chi connectivity index (χ1) is 9.54. The monoisotopic (exact) mass is 276 g/mol. The number of amides is 1. The molecule has 0 saturated heterocycles. The number of aromatic amines is 1.